The Bertz CT molecular complexity index is 1120. The lowest BCUT2D eigenvalue weighted by atomic mass is 10.1. The Morgan fingerprint density at radius 2 is 1.97 bits per heavy atom. The molecule has 9 heteroatoms. The van der Waals surface area contributed by atoms with E-state index < -0.39 is 16.9 Å². The summed E-state index contributed by atoms with van der Waals surface area (Å²) >= 11 is 0. The third-order valence-corrected chi connectivity index (χ3v) is 4.45. The first kappa shape index (κ1) is 20.6. The van der Waals surface area contributed by atoms with E-state index in [0.29, 0.717) is 0 Å². The summed E-state index contributed by atoms with van der Waals surface area (Å²) in [5, 5.41) is 30.1. The molecule has 3 aromatic rings. The van der Waals surface area contributed by atoms with Gasteiger partial charge in [-0.1, -0.05) is 36.4 Å². The minimum atomic E-state index is -0.617. The van der Waals surface area contributed by atoms with Crippen LogP contribution in [0.4, 0.5) is 11.4 Å². The molecule has 0 fully saturated rings. The number of nitro groups is 1. The first-order valence-corrected chi connectivity index (χ1v) is 9.03. The van der Waals surface area contributed by atoms with E-state index in [0.717, 1.165) is 34.8 Å². The summed E-state index contributed by atoms with van der Waals surface area (Å²) in [4.78, 5) is 22.8. The van der Waals surface area contributed by atoms with Crippen molar-refractivity contribution in [3.63, 3.8) is 0 Å². The number of phenols is 1. The highest BCUT2D eigenvalue weighted by molar-refractivity contribution is 5.96. The Labute approximate surface area is 172 Å². The van der Waals surface area contributed by atoms with Crippen LogP contribution in [0, 0.1) is 10.1 Å². The maximum atomic E-state index is 12.4. The lowest BCUT2D eigenvalue weighted by Crippen LogP contribution is -2.34. The molecule has 0 bridgehead atoms. The summed E-state index contributed by atoms with van der Waals surface area (Å²) in [5.41, 5.74) is 2.93. The average Bonchev–Trinajstić information content (AvgIpc) is 2.74. The lowest BCUT2D eigenvalue weighted by molar-refractivity contribution is -0.385. The number of benzene rings is 3. The van der Waals surface area contributed by atoms with Crippen LogP contribution in [0.3, 0.4) is 0 Å². The second-order valence-corrected chi connectivity index (χ2v) is 6.47. The molecule has 3 N–H and O–H groups in total. The number of amides is 1. The monoisotopic (exact) mass is 408 g/mol. The van der Waals surface area contributed by atoms with Crippen molar-refractivity contribution >= 4 is 34.3 Å². The highest BCUT2D eigenvalue weighted by Gasteiger charge is 2.16. The van der Waals surface area contributed by atoms with Crippen LogP contribution in [0.15, 0.2) is 59.7 Å². The van der Waals surface area contributed by atoms with Gasteiger partial charge < -0.3 is 15.2 Å². The molecule has 0 saturated heterocycles. The Morgan fingerprint density at radius 3 is 2.70 bits per heavy atom. The maximum absolute atomic E-state index is 12.4. The second kappa shape index (κ2) is 8.91. The van der Waals surface area contributed by atoms with E-state index in [1.807, 2.05) is 42.5 Å². The van der Waals surface area contributed by atoms with Crippen molar-refractivity contribution in [1.82, 2.24) is 5.43 Å². The van der Waals surface area contributed by atoms with Gasteiger partial charge >= 0.3 is 0 Å². The van der Waals surface area contributed by atoms with Gasteiger partial charge in [-0.25, -0.2) is 5.43 Å². The van der Waals surface area contributed by atoms with E-state index in [1.54, 1.807) is 6.92 Å². The maximum Gasteiger partial charge on any atom is 0.274 e. The molecule has 0 aliphatic rings. The number of hydrazone groups is 1. The van der Waals surface area contributed by atoms with Crippen molar-refractivity contribution < 1.29 is 19.6 Å². The number of methoxy groups -OCH3 is 1. The molecule has 0 aliphatic carbocycles. The Morgan fingerprint density at radius 1 is 1.23 bits per heavy atom. The number of hydrogen-bond acceptors (Lipinski definition) is 7. The van der Waals surface area contributed by atoms with Gasteiger partial charge in [0.1, 0.15) is 6.04 Å². The highest BCUT2D eigenvalue weighted by atomic mass is 16.6. The molecule has 0 unspecified atom stereocenters. The number of hydrogen-bond donors (Lipinski definition) is 3. The predicted molar refractivity (Wildman–Crippen MR) is 114 cm³/mol. The van der Waals surface area contributed by atoms with Gasteiger partial charge in [0.15, 0.2) is 11.5 Å². The van der Waals surface area contributed by atoms with Gasteiger partial charge in [-0.05, 0) is 18.4 Å². The summed E-state index contributed by atoms with van der Waals surface area (Å²) in [6.07, 6.45) is 1.12. The molecule has 0 saturated carbocycles. The van der Waals surface area contributed by atoms with E-state index >= 15 is 0 Å². The van der Waals surface area contributed by atoms with Crippen LogP contribution in [-0.4, -0.2) is 35.3 Å². The zero-order valence-electron chi connectivity index (χ0n) is 16.3. The molecule has 3 rings (SSSR count). The van der Waals surface area contributed by atoms with Gasteiger partial charge in [-0.2, -0.15) is 5.10 Å². The lowest BCUT2D eigenvalue weighted by Gasteiger charge is -2.15. The number of fused-ring (bicyclic) bond motifs is 1. The Balaban J connectivity index is 1.71. The number of rotatable bonds is 7. The van der Waals surface area contributed by atoms with E-state index in [9.17, 15) is 20.0 Å². The largest absolute Gasteiger partial charge is 0.504 e. The van der Waals surface area contributed by atoms with E-state index in [1.165, 1.54) is 7.11 Å². The zero-order valence-corrected chi connectivity index (χ0v) is 16.3. The smallest absolute Gasteiger partial charge is 0.274 e. The first-order valence-electron chi connectivity index (χ1n) is 9.03. The number of phenolic OH excluding ortho intramolecular Hbond substituents is 1. The fourth-order valence-electron chi connectivity index (χ4n) is 2.89. The molecule has 0 aromatic heterocycles. The van der Waals surface area contributed by atoms with E-state index in [2.05, 4.69) is 15.8 Å². The minimum absolute atomic E-state index is 0.0380. The van der Waals surface area contributed by atoms with Crippen LogP contribution in [-0.2, 0) is 4.79 Å². The van der Waals surface area contributed by atoms with Crippen LogP contribution in [0.2, 0.25) is 0 Å². The van der Waals surface area contributed by atoms with Crippen molar-refractivity contribution in [1.29, 1.82) is 0 Å². The molecule has 1 atom stereocenters. The SMILES string of the molecule is COc1cc([N+](=O)[O-])cc(/C=N\NC(=O)[C@@H](C)Nc2cccc3ccccc23)c1O. The third kappa shape index (κ3) is 4.46. The molecule has 154 valence electrons. The van der Waals surface area contributed by atoms with Crippen LogP contribution < -0.4 is 15.5 Å². The predicted octanol–water partition coefficient (Wildman–Crippen LogP) is 3.41. The number of carbonyl (C=O) groups is 1. The number of nitrogens with one attached hydrogen (secondary N) is 2. The van der Waals surface area contributed by atoms with Crippen LogP contribution in [0.1, 0.15) is 12.5 Å². The van der Waals surface area contributed by atoms with Gasteiger partial charge in [-0.15, -0.1) is 0 Å². The number of ether oxygens (including phenoxy) is 1. The fourth-order valence-corrected chi connectivity index (χ4v) is 2.89. The summed E-state index contributed by atoms with van der Waals surface area (Å²) in [5.74, 6) is -0.804. The number of non-ortho nitro benzene ring substituents is 1. The molecule has 9 nitrogen and oxygen atoms in total. The van der Waals surface area contributed by atoms with Crippen LogP contribution >= 0.6 is 0 Å². The van der Waals surface area contributed by atoms with Crippen molar-refractivity contribution in [3.8, 4) is 11.5 Å². The Kier molecular flexibility index (Phi) is 6.11. The van der Waals surface area contributed by atoms with E-state index in [4.69, 9.17) is 4.74 Å². The topological polar surface area (TPSA) is 126 Å². The molecule has 0 heterocycles. The summed E-state index contributed by atoms with van der Waals surface area (Å²) in [6, 6.07) is 15.2. The quantitative estimate of drug-likeness (QED) is 0.312. The summed E-state index contributed by atoms with van der Waals surface area (Å²) in [6.45, 7) is 1.68. The zero-order chi connectivity index (χ0) is 21.7. The fraction of sp³-hybridized carbons (Fsp3) is 0.143. The number of nitrogens with zero attached hydrogens (tertiary/aromatic N) is 2. The molecular weight excluding hydrogens is 388 g/mol. The number of anilines is 1. The van der Waals surface area contributed by atoms with Crippen molar-refractivity contribution in [2.45, 2.75) is 13.0 Å². The molecule has 30 heavy (non-hydrogen) atoms. The van der Waals surface area contributed by atoms with Gasteiger partial charge in [0.05, 0.1) is 24.3 Å². The van der Waals surface area contributed by atoms with Gasteiger partial charge in [0, 0.05) is 22.7 Å². The Hall–Kier alpha value is -4.14. The van der Waals surface area contributed by atoms with Crippen LogP contribution in [0.25, 0.3) is 10.8 Å². The molecule has 0 radical (unpaired) electrons. The average molecular weight is 408 g/mol. The molecule has 0 aliphatic heterocycles. The van der Waals surface area contributed by atoms with Gasteiger partial charge in [0.2, 0.25) is 0 Å². The number of nitro benzene ring substituents is 1. The standard InChI is InChI=1S/C21H20N4O5/c1-13(23-18-9-5-7-14-6-3-4-8-17(14)18)21(27)24-22-12-15-10-16(25(28)29)11-19(30-2)20(15)26/h3-13,23,26H,1-2H3,(H,24,27)/b22-12-/t13-/m1/s1. The van der Waals surface area contributed by atoms with Crippen molar-refractivity contribution in [2.75, 3.05) is 12.4 Å². The normalized spacial score (nSPS) is 11.9. The molecular formula is C21H20N4O5. The summed E-state index contributed by atoms with van der Waals surface area (Å²) in [7, 11) is 1.28. The number of aromatic hydroxyl groups is 1. The summed E-state index contributed by atoms with van der Waals surface area (Å²) < 4.78 is 4.93. The number of carbonyl (C=O) groups excluding carboxylic acids is 1. The van der Waals surface area contributed by atoms with Crippen molar-refractivity contribution in [3.05, 3.63) is 70.3 Å². The second-order valence-electron chi connectivity index (χ2n) is 6.47. The van der Waals surface area contributed by atoms with Gasteiger partial charge in [0.25, 0.3) is 11.6 Å². The molecule has 0 spiro atoms. The van der Waals surface area contributed by atoms with E-state index in [-0.39, 0.29) is 22.7 Å². The first-order chi connectivity index (χ1) is 14.4. The highest BCUT2D eigenvalue weighted by Crippen LogP contribution is 2.33. The minimum Gasteiger partial charge on any atom is -0.504 e. The van der Waals surface area contributed by atoms with Crippen molar-refractivity contribution in [2.24, 2.45) is 5.10 Å². The molecule has 3 aromatic carbocycles. The van der Waals surface area contributed by atoms with Gasteiger partial charge in [-0.3, -0.25) is 14.9 Å². The van der Waals surface area contributed by atoms with Crippen LogP contribution in [0.5, 0.6) is 11.5 Å². The molecule has 1 amide bonds. The third-order valence-electron chi connectivity index (χ3n) is 4.45.